The van der Waals surface area contributed by atoms with Gasteiger partial charge in [-0.05, 0) is 31.5 Å². The summed E-state index contributed by atoms with van der Waals surface area (Å²) >= 11 is 0. The third-order valence-corrected chi connectivity index (χ3v) is 1.96. The fourth-order valence-electron chi connectivity index (χ4n) is 1.30. The van der Waals surface area contributed by atoms with Gasteiger partial charge in [0.1, 0.15) is 0 Å². The van der Waals surface area contributed by atoms with Crippen LogP contribution in [0.3, 0.4) is 0 Å². The highest BCUT2D eigenvalue weighted by Gasteiger charge is 2.02. The molecule has 0 atom stereocenters. The lowest BCUT2D eigenvalue weighted by Gasteiger charge is -2.17. The maximum absolute atomic E-state index is 5.69. The quantitative estimate of drug-likeness (QED) is 0.603. The second-order valence-corrected chi connectivity index (χ2v) is 2.92. The number of hydrogen-bond acceptors (Lipinski definition) is 1. The fraction of sp³-hybridized carbons (Fsp3) is 0.500. The maximum Gasteiger partial charge on any atom is 0.226 e. The van der Waals surface area contributed by atoms with Crippen molar-refractivity contribution in [3.8, 4) is 0 Å². The van der Waals surface area contributed by atoms with Crippen LogP contribution in [0.25, 0.3) is 0 Å². The summed E-state index contributed by atoms with van der Waals surface area (Å²) in [6.45, 7) is 6.14. The zero-order chi connectivity index (χ0) is 11.0. The molecule has 0 spiro atoms. The van der Waals surface area contributed by atoms with E-state index in [0.717, 1.165) is 18.5 Å². The van der Waals surface area contributed by atoms with Gasteiger partial charge in [0.15, 0.2) is 0 Å². The first-order valence-electron chi connectivity index (χ1n) is 5.30. The Hall–Kier alpha value is -0.915. The molecule has 1 nitrogen and oxygen atoms in total. The molecule has 0 aliphatic heterocycles. The van der Waals surface area contributed by atoms with E-state index in [2.05, 4.69) is 31.2 Å². The van der Waals surface area contributed by atoms with Gasteiger partial charge in [0, 0.05) is 5.70 Å². The molecular weight excluding hydrogens is 169 g/mol. The Balaban J connectivity index is 0.000000791. The van der Waals surface area contributed by atoms with Crippen molar-refractivity contribution in [2.75, 3.05) is 7.05 Å². The molecule has 0 amide bonds. The topological polar surface area (TPSA) is 3.24 Å². The standard InChI is InChI=1S/C10H14BN.C2H6/c1-3-9-7-5-4-6-8-10(9)12(2)11;1-2/h5-8H,3-4H2,1-2H3;1-2H3. The summed E-state index contributed by atoms with van der Waals surface area (Å²) < 4.78 is 0. The third-order valence-electron chi connectivity index (χ3n) is 1.96. The molecule has 1 rings (SSSR count). The largest absolute Gasteiger partial charge is 0.427 e. The lowest BCUT2D eigenvalue weighted by molar-refractivity contribution is 0.690. The van der Waals surface area contributed by atoms with E-state index in [0.29, 0.717) is 0 Å². The Labute approximate surface area is 89.6 Å². The van der Waals surface area contributed by atoms with Crippen LogP contribution in [0.1, 0.15) is 33.6 Å². The molecule has 0 fully saturated rings. The Morgan fingerprint density at radius 3 is 2.36 bits per heavy atom. The molecule has 14 heavy (non-hydrogen) atoms. The van der Waals surface area contributed by atoms with E-state index in [4.69, 9.17) is 7.98 Å². The van der Waals surface area contributed by atoms with E-state index in [9.17, 15) is 0 Å². The lowest BCUT2D eigenvalue weighted by atomic mass is 10.1. The molecular formula is C12H20BN. The van der Waals surface area contributed by atoms with Gasteiger partial charge in [-0.25, -0.2) is 0 Å². The molecule has 1 aliphatic rings. The Bertz CT molecular complexity index is 237. The SMILES string of the molecule is CC.[B]N(C)C1=C(CC)C=CCC=C1. The van der Waals surface area contributed by atoms with Crippen molar-refractivity contribution < 1.29 is 0 Å². The van der Waals surface area contributed by atoms with Gasteiger partial charge in [0.05, 0.1) is 0 Å². The summed E-state index contributed by atoms with van der Waals surface area (Å²) in [5, 5.41) is 0. The first-order valence-corrected chi connectivity index (χ1v) is 5.30. The van der Waals surface area contributed by atoms with Crippen molar-refractivity contribution in [2.45, 2.75) is 33.6 Å². The Kier molecular flexibility index (Phi) is 7.00. The fourth-order valence-corrected chi connectivity index (χ4v) is 1.30. The normalized spacial score (nSPS) is 14.6. The smallest absolute Gasteiger partial charge is 0.226 e. The molecule has 0 unspecified atom stereocenters. The molecule has 0 saturated carbocycles. The number of allylic oxidation sites excluding steroid dienone is 5. The highest BCUT2D eigenvalue weighted by Crippen LogP contribution is 2.16. The molecule has 0 heterocycles. The van der Waals surface area contributed by atoms with Crippen molar-refractivity contribution in [3.05, 3.63) is 35.6 Å². The van der Waals surface area contributed by atoms with Gasteiger partial charge >= 0.3 is 0 Å². The van der Waals surface area contributed by atoms with Crippen molar-refractivity contribution >= 4 is 7.98 Å². The first-order chi connectivity index (χ1) is 6.75. The molecule has 0 saturated heterocycles. The zero-order valence-corrected chi connectivity index (χ0v) is 9.75. The molecule has 0 aromatic heterocycles. The lowest BCUT2D eigenvalue weighted by Crippen LogP contribution is -2.13. The van der Waals surface area contributed by atoms with Gasteiger partial charge in [-0.1, -0.05) is 39.0 Å². The molecule has 0 N–H and O–H groups in total. The number of likely N-dealkylation sites (N-methyl/N-ethyl adjacent to an activating group) is 1. The second-order valence-electron chi connectivity index (χ2n) is 2.92. The Morgan fingerprint density at radius 2 is 1.86 bits per heavy atom. The molecule has 1 aliphatic carbocycles. The summed E-state index contributed by atoms with van der Waals surface area (Å²) in [6, 6.07) is 0. The van der Waals surface area contributed by atoms with E-state index < -0.39 is 0 Å². The molecule has 2 heteroatoms. The van der Waals surface area contributed by atoms with Crippen LogP contribution >= 0.6 is 0 Å². The summed E-state index contributed by atoms with van der Waals surface area (Å²) in [5.74, 6) is 0. The van der Waals surface area contributed by atoms with Crippen LogP contribution in [0.5, 0.6) is 0 Å². The van der Waals surface area contributed by atoms with Crippen LogP contribution in [-0.2, 0) is 0 Å². The van der Waals surface area contributed by atoms with E-state index in [1.54, 1.807) is 4.81 Å². The van der Waals surface area contributed by atoms with Gasteiger partial charge in [-0.2, -0.15) is 0 Å². The van der Waals surface area contributed by atoms with Crippen LogP contribution in [0, 0.1) is 0 Å². The highest BCUT2D eigenvalue weighted by molar-refractivity contribution is 6.05. The van der Waals surface area contributed by atoms with E-state index in [-0.39, 0.29) is 0 Å². The summed E-state index contributed by atoms with van der Waals surface area (Å²) in [6.07, 6.45) is 10.5. The molecule has 0 bridgehead atoms. The van der Waals surface area contributed by atoms with E-state index in [1.807, 2.05) is 20.9 Å². The summed E-state index contributed by atoms with van der Waals surface area (Å²) in [4.78, 5) is 1.67. The average Bonchev–Trinajstić information content (AvgIpc) is 2.45. The molecule has 0 aromatic carbocycles. The number of rotatable bonds is 2. The average molecular weight is 189 g/mol. The first kappa shape index (κ1) is 13.1. The van der Waals surface area contributed by atoms with E-state index >= 15 is 0 Å². The van der Waals surface area contributed by atoms with Crippen molar-refractivity contribution in [3.63, 3.8) is 0 Å². The summed E-state index contributed by atoms with van der Waals surface area (Å²) in [5.41, 5.74) is 2.42. The molecule has 0 aromatic rings. The van der Waals surface area contributed by atoms with Crippen molar-refractivity contribution in [2.24, 2.45) is 0 Å². The van der Waals surface area contributed by atoms with Crippen LogP contribution < -0.4 is 0 Å². The number of hydrogen-bond donors (Lipinski definition) is 0. The van der Waals surface area contributed by atoms with Gasteiger partial charge in [-0.15, -0.1) is 0 Å². The highest BCUT2D eigenvalue weighted by atomic mass is 15.0. The molecule has 76 valence electrons. The predicted octanol–water partition coefficient (Wildman–Crippen LogP) is 3.21. The number of nitrogens with zero attached hydrogens (tertiary/aromatic N) is 1. The predicted molar refractivity (Wildman–Crippen MR) is 65.1 cm³/mol. The van der Waals surface area contributed by atoms with Crippen LogP contribution in [0.15, 0.2) is 35.6 Å². The second kappa shape index (κ2) is 7.49. The van der Waals surface area contributed by atoms with Crippen LogP contribution in [-0.4, -0.2) is 19.8 Å². The van der Waals surface area contributed by atoms with Crippen molar-refractivity contribution in [1.29, 1.82) is 0 Å². The van der Waals surface area contributed by atoms with E-state index in [1.165, 1.54) is 5.57 Å². The minimum atomic E-state index is 1.00. The minimum absolute atomic E-state index is 1.00. The van der Waals surface area contributed by atoms with Crippen molar-refractivity contribution in [1.82, 2.24) is 4.81 Å². The van der Waals surface area contributed by atoms with Gasteiger partial charge in [0.2, 0.25) is 7.98 Å². The van der Waals surface area contributed by atoms with Crippen LogP contribution in [0.2, 0.25) is 0 Å². The zero-order valence-electron chi connectivity index (χ0n) is 9.75. The maximum atomic E-state index is 5.69. The summed E-state index contributed by atoms with van der Waals surface area (Å²) in [7, 11) is 7.56. The van der Waals surface area contributed by atoms with Gasteiger partial charge in [0.25, 0.3) is 0 Å². The monoisotopic (exact) mass is 189 g/mol. The molecule has 2 radical (unpaired) electrons. The van der Waals surface area contributed by atoms with Crippen LogP contribution in [0.4, 0.5) is 0 Å². The third kappa shape index (κ3) is 3.86. The minimum Gasteiger partial charge on any atom is -0.427 e. The Morgan fingerprint density at radius 1 is 1.29 bits per heavy atom. The van der Waals surface area contributed by atoms with Gasteiger partial charge < -0.3 is 4.81 Å². The van der Waals surface area contributed by atoms with Gasteiger partial charge in [-0.3, -0.25) is 0 Å².